The number of ether oxygens (including phenoxy) is 1. The van der Waals surface area contributed by atoms with Gasteiger partial charge in [0.05, 0.1) is 6.61 Å². The zero-order chi connectivity index (χ0) is 13.1. The van der Waals surface area contributed by atoms with Crippen LogP contribution >= 0.6 is 15.9 Å². The molecule has 0 heterocycles. The third kappa shape index (κ3) is 3.12. The van der Waals surface area contributed by atoms with Crippen molar-refractivity contribution in [3.8, 4) is 0 Å². The summed E-state index contributed by atoms with van der Waals surface area (Å²) in [5.74, 6) is -1.74. The van der Waals surface area contributed by atoms with E-state index in [0.717, 1.165) is 6.07 Å². The van der Waals surface area contributed by atoms with Gasteiger partial charge in [0.25, 0.3) is 0 Å². The lowest BCUT2D eigenvalue weighted by Gasteiger charge is -2.18. The molecule has 5 heteroatoms. The molecule has 0 aliphatic rings. The van der Waals surface area contributed by atoms with Crippen molar-refractivity contribution in [1.29, 1.82) is 0 Å². The summed E-state index contributed by atoms with van der Waals surface area (Å²) in [4.78, 5) is 23.6. The summed E-state index contributed by atoms with van der Waals surface area (Å²) < 4.78 is 16.3. The fourth-order valence-electron chi connectivity index (χ4n) is 1.26. The SMILES string of the molecule is CCOC(=O)C(C)(Br)C(=O)c1cccc(F)c1. The predicted octanol–water partition coefficient (Wildman–Crippen LogP) is 2.73. The summed E-state index contributed by atoms with van der Waals surface area (Å²) in [6, 6.07) is 5.18. The molecule has 1 rings (SSSR count). The smallest absolute Gasteiger partial charge is 0.330 e. The molecule has 0 aliphatic carbocycles. The van der Waals surface area contributed by atoms with Crippen molar-refractivity contribution >= 4 is 27.7 Å². The molecule has 17 heavy (non-hydrogen) atoms. The first-order valence-corrected chi connectivity index (χ1v) is 5.85. The first-order valence-electron chi connectivity index (χ1n) is 5.06. The van der Waals surface area contributed by atoms with Crippen molar-refractivity contribution in [2.45, 2.75) is 18.2 Å². The quantitative estimate of drug-likeness (QED) is 0.372. The molecule has 0 radical (unpaired) electrons. The van der Waals surface area contributed by atoms with Crippen LogP contribution in [-0.2, 0) is 9.53 Å². The summed E-state index contributed by atoms with van der Waals surface area (Å²) in [5.41, 5.74) is 0.123. The molecule has 1 atom stereocenters. The van der Waals surface area contributed by atoms with Crippen LogP contribution in [-0.4, -0.2) is 22.7 Å². The minimum atomic E-state index is -1.49. The van der Waals surface area contributed by atoms with Gasteiger partial charge < -0.3 is 4.74 Å². The first kappa shape index (κ1) is 13.8. The Kier molecular flexibility index (Phi) is 4.40. The van der Waals surface area contributed by atoms with Crippen LogP contribution in [0, 0.1) is 5.82 Å². The van der Waals surface area contributed by atoms with E-state index < -0.39 is 21.9 Å². The highest BCUT2D eigenvalue weighted by atomic mass is 79.9. The molecule has 0 N–H and O–H groups in total. The van der Waals surface area contributed by atoms with Gasteiger partial charge in [0.1, 0.15) is 5.82 Å². The topological polar surface area (TPSA) is 43.4 Å². The molecule has 0 fully saturated rings. The molecule has 92 valence electrons. The van der Waals surface area contributed by atoms with E-state index >= 15 is 0 Å². The molecule has 1 unspecified atom stereocenters. The van der Waals surface area contributed by atoms with E-state index in [2.05, 4.69) is 15.9 Å². The fourth-order valence-corrected chi connectivity index (χ4v) is 1.60. The number of esters is 1. The molecule has 0 aromatic heterocycles. The number of ketones is 1. The third-order valence-electron chi connectivity index (χ3n) is 2.17. The van der Waals surface area contributed by atoms with Gasteiger partial charge >= 0.3 is 5.97 Å². The average Bonchev–Trinajstić information content (AvgIpc) is 2.28. The molecule has 1 aromatic carbocycles. The van der Waals surface area contributed by atoms with Crippen LogP contribution in [0.5, 0.6) is 0 Å². The molecule has 1 aromatic rings. The van der Waals surface area contributed by atoms with Crippen molar-refractivity contribution < 1.29 is 18.7 Å². The second-order valence-corrected chi connectivity index (χ2v) is 5.15. The van der Waals surface area contributed by atoms with E-state index in [1.54, 1.807) is 6.92 Å². The number of hydrogen-bond donors (Lipinski definition) is 0. The van der Waals surface area contributed by atoms with Gasteiger partial charge in [0.15, 0.2) is 10.1 Å². The number of Topliss-reactive ketones (excluding diaryl/α,β-unsaturated/α-hetero) is 1. The van der Waals surface area contributed by atoms with Crippen molar-refractivity contribution in [2.75, 3.05) is 6.61 Å². The van der Waals surface area contributed by atoms with E-state index in [1.165, 1.54) is 25.1 Å². The highest BCUT2D eigenvalue weighted by Crippen LogP contribution is 2.25. The van der Waals surface area contributed by atoms with Crippen LogP contribution in [0.3, 0.4) is 0 Å². The second kappa shape index (κ2) is 5.40. The van der Waals surface area contributed by atoms with Gasteiger partial charge in [-0.25, -0.2) is 4.39 Å². The molecule has 0 aliphatic heterocycles. The number of benzene rings is 1. The maximum absolute atomic E-state index is 13.0. The summed E-state index contributed by atoms with van der Waals surface area (Å²) in [6.45, 7) is 3.21. The van der Waals surface area contributed by atoms with Gasteiger partial charge in [-0.05, 0) is 26.0 Å². The summed E-state index contributed by atoms with van der Waals surface area (Å²) in [5, 5.41) is 0. The minimum absolute atomic E-state index is 0.123. The Hall–Kier alpha value is -1.23. The fraction of sp³-hybridized carbons (Fsp3) is 0.333. The van der Waals surface area contributed by atoms with Crippen LogP contribution in [0.4, 0.5) is 4.39 Å². The summed E-state index contributed by atoms with van der Waals surface area (Å²) in [7, 11) is 0. The molecular weight excluding hydrogens is 291 g/mol. The Morgan fingerprint density at radius 1 is 1.47 bits per heavy atom. The molecule has 0 bridgehead atoms. The Bertz CT molecular complexity index is 443. The number of carbonyl (C=O) groups is 2. The Balaban J connectivity index is 3.00. The average molecular weight is 303 g/mol. The number of carbonyl (C=O) groups excluding carboxylic acids is 2. The van der Waals surface area contributed by atoms with Crippen LogP contribution < -0.4 is 0 Å². The molecule has 3 nitrogen and oxygen atoms in total. The van der Waals surface area contributed by atoms with Crippen LogP contribution in [0.15, 0.2) is 24.3 Å². The molecule has 0 saturated heterocycles. The normalized spacial score (nSPS) is 13.9. The van der Waals surface area contributed by atoms with Gasteiger partial charge in [-0.15, -0.1) is 0 Å². The van der Waals surface area contributed by atoms with E-state index in [0.29, 0.717) is 0 Å². The standard InChI is InChI=1S/C12H12BrFO3/c1-3-17-11(16)12(2,13)10(15)8-5-4-6-9(14)7-8/h4-7H,3H2,1-2H3. The van der Waals surface area contributed by atoms with E-state index in [-0.39, 0.29) is 12.2 Å². The van der Waals surface area contributed by atoms with E-state index in [9.17, 15) is 14.0 Å². The van der Waals surface area contributed by atoms with Crippen molar-refractivity contribution in [3.63, 3.8) is 0 Å². The van der Waals surface area contributed by atoms with E-state index in [1.807, 2.05) is 0 Å². The van der Waals surface area contributed by atoms with Gasteiger partial charge in [0.2, 0.25) is 0 Å². The van der Waals surface area contributed by atoms with Crippen molar-refractivity contribution in [3.05, 3.63) is 35.6 Å². The highest BCUT2D eigenvalue weighted by Gasteiger charge is 2.40. The second-order valence-electron chi connectivity index (χ2n) is 3.56. The van der Waals surface area contributed by atoms with Crippen LogP contribution in [0.2, 0.25) is 0 Å². The van der Waals surface area contributed by atoms with Gasteiger partial charge in [-0.3, -0.25) is 9.59 Å². The maximum Gasteiger partial charge on any atom is 0.330 e. The number of alkyl halides is 1. The molecular formula is C12H12BrFO3. The molecule has 0 amide bonds. The van der Waals surface area contributed by atoms with Crippen molar-refractivity contribution in [1.82, 2.24) is 0 Å². The number of halogens is 2. The van der Waals surface area contributed by atoms with Gasteiger partial charge in [-0.1, -0.05) is 28.1 Å². The first-order chi connectivity index (χ1) is 7.89. The zero-order valence-corrected chi connectivity index (χ0v) is 11.1. The number of hydrogen-bond acceptors (Lipinski definition) is 3. The largest absolute Gasteiger partial charge is 0.465 e. The third-order valence-corrected chi connectivity index (χ3v) is 2.86. The Morgan fingerprint density at radius 3 is 2.65 bits per heavy atom. The summed E-state index contributed by atoms with van der Waals surface area (Å²) >= 11 is 3.03. The monoisotopic (exact) mass is 302 g/mol. The van der Waals surface area contributed by atoms with Crippen LogP contribution in [0.1, 0.15) is 24.2 Å². The van der Waals surface area contributed by atoms with Gasteiger partial charge in [0, 0.05) is 5.56 Å². The summed E-state index contributed by atoms with van der Waals surface area (Å²) in [6.07, 6.45) is 0. The number of rotatable bonds is 4. The minimum Gasteiger partial charge on any atom is -0.465 e. The van der Waals surface area contributed by atoms with Crippen LogP contribution in [0.25, 0.3) is 0 Å². The lowest BCUT2D eigenvalue weighted by Crippen LogP contribution is -2.39. The zero-order valence-electron chi connectivity index (χ0n) is 9.50. The molecule has 0 saturated carbocycles. The lowest BCUT2D eigenvalue weighted by atomic mass is 9.99. The highest BCUT2D eigenvalue weighted by molar-refractivity contribution is 9.10. The lowest BCUT2D eigenvalue weighted by molar-refractivity contribution is -0.143. The van der Waals surface area contributed by atoms with Gasteiger partial charge in [-0.2, -0.15) is 0 Å². The predicted molar refractivity (Wildman–Crippen MR) is 64.7 cm³/mol. The van der Waals surface area contributed by atoms with Crippen molar-refractivity contribution in [2.24, 2.45) is 0 Å². The maximum atomic E-state index is 13.0. The van der Waals surface area contributed by atoms with E-state index in [4.69, 9.17) is 4.74 Å². The Morgan fingerprint density at radius 2 is 2.12 bits per heavy atom. The Labute approximate surface area is 107 Å². The molecule has 0 spiro atoms.